The first-order valence-electron chi connectivity index (χ1n) is 10.2. The molecule has 1 fully saturated rings. The summed E-state index contributed by atoms with van der Waals surface area (Å²) in [7, 11) is 1.54. The normalized spacial score (nSPS) is 18.7. The van der Waals surface area contributed by atoms with Gasteiger partial charge in [0.15, 0.2) is 0 Å². The summed E-state index contributed by atoms with van der Waals surface area (Å²) in [6.45, 7) is 8.79. The maximum absolute atomic E-state index is 12.9. The molecule has 1 N–H and O–H groups in total. The number of carbonyl (C=O) groups is 2. The van der Waals surface area contributed by atoms with E-state index in [1.165, 1.54) is 7.11 Å². The first-order valence-corrected chi connectivity index (χ1v) is 10.2. The van der Waals surface area contributed by atoms with Gasteiger partial charge in [0.1, 0.15) is 11.5 Å². The van der Waals surface area contributed by atoms with E-state index in [1.54, 1.807) is 29.2 Å². The van der Waals surface area contributed by atoms with Gasteiger partial charge in [-0.1, -0.05) is 64.1 Å². The number of aliphatic hydroxyl groups excluding tert-OH is 1. The van der Waals surface area contributed by atoms with Gasteiger partial charge in [0, 0.05) is 12.1 Å². The van der Waals surface area contributed by atoms with Gasteiger partial charge < -0.3 is 14.7 Å². The Bertz CT molecular complexity index is 983. The van der Waals surface area contributed by atoms with E-state index < -0.39 is 17.7 Å². The molecule has 1 heterocycles. The monoisotopic (exact) mass is 407 g/mol. The zero-order valence-corrected chi connectivity index (χ0v) is 18.2. The minimum atomic E-state index is -0.659. The lowest BCUT2D eigenvalue weighted by Gasteiger charge is -2.26. The summed E-state index contributed by atoms with van der Waals surface area (Å²) in [5.74, 6) is -0.858. The van der Waals surface area contributed by atoms with E-state index in [-0.39, 0.29) is 16.7 Å². The first kappa shape index (κ1) is 21.6. The van der Waals surface area contributed by atoms with E-state index >= 15 is 0 Å². The summed E-state index contributed by atoms with van der Waals surface area (Å²) in [6, 6.07) is 14.2. The van der Waals surface area contributed by atoms with Crippen molar-refractivity contribution in [2.24, 2.45) is 0 Å². The summed E-state index contributed by atoms with van der Waals surface area (Å²) >= 11 is 0. The van der Waals surface area contributed by atoms with Crippen LogP contribution in [0.2, 0.25) is 0 Å². The third kappa shape index (κ3) is 3.97. The predicted molar refractivity (Wildman–Crippen MR) is 117 cm³/mol. The highest BCUT2D eigenvalue weighted by Crippen LogP contribution is 2.40. The molecule has 5 heteroatoms. The molecule has 1 unspecified atom stereocenters. The Kier molecular flexibility index (Phi) is 6.01. The molecule has 1 aliphatic heterocycles. The lowest BCUT2D eigenvalue weighted by molar-refractivity contribution is -0.139. The third-order valence-electron chi connectivity index (χ3n) is 5.44. The fourth-order valence-corrected chi connectivity index (χ4v) is 3.79. The standard InChI is InChI=1S/C25H29NO4/c1-6-14-26-21(16-10-12-18(13-11-16)25(2,3)4)20(23(28)24(26)29)22(27)17-8-7-9-19(15-17)30-5/h7-13,15,21,27H,6,14H2,1-5H3/b22-20-. The van der Waals surface area contributed by atoms with Crippen molar-refractivity contribution in [1.29, 1.82) is 0 Å². The number of ether oxygens (including phenoxy) is 1. The van der Waals surface area contributed by atoms with Crippen molar-refractivity contribution in [1.82, 2.24) is 4.90 Å². The quantitative estimate of drug-likeness (QED) is 0.438. The second-order valence-corrected chi connectivity index (χ2v) is 8.60. The van der Waals surface area contributed by atoms with Crippen molar-refractivity contribution in [3.63, 3.8) is 0 Å². The van der Waals surface area contributed by atoms with Gasteiger partial charge in [-0.15, -0.1) is 0 Å². The van der Waals surface area contributed by atoms with Crippen LogP contribution in [0, 0.1) is 0 Å². The van der Waals surface area contributed by atoms with Crippen LogP contribution >= 0.6 is 0 Å². The van der Waals surface area contributed by atoms with Crippen LogP contribution in [0.25, 0.3) is 5.76 Å². The molecule has 30 heavy (non-hydrogen) atoms. The maximum Gasteiger partial charge on any atom is 0.295 e. The summed E-state index contributed by atoms with van der Waals surface area (Å²) in [5, 5.41) is 11.1. The van der Waals surface area contributed by atoms with Crippen molar-refractivity contribution >= 4 is 17.4 Å². The Balaban J connectivity index is 2.16. The number of aliphatic hydroxyl groups is 1. The number of benzene rings is 2. The molecule has 1 atom stereocenters. The molecule has 158 valence electrons. The number of ketones is 1. The van der Waals surface area contributed by atoms with Crippen molar-refractivity contribution in [3.8, 4) is 5.75 Å². The molecule has 0 spiro atoms. The number of likely N-dealkylation sites (tertiary alicyclic amines) is 1. The highest BCUT2D eigenvalue weighted by molar-refractivity contribution is 6.46. The van der Waals surface area contributed by atoms with Crippen molar-refractivity contribution in [2.45, 2.75) is 45.6 Å². The summed E-state index contributed by atoms with van der Waals surface area (Å²) in [4.78, 5) is 27.3. The van der Waals surface area contributed by atoms with Gasteiger partial charge in [-0.2, -0.15) is 0 Å². The minimum absolute atomic E-state index is 0.00957. The van der Waals surface area contributed by atoms with Crippen LogP contribution in [0.4, 0.5) is 0 Å². The average molecular weight is 408 g/mol. The first-order chi connectivity index (χ1) is 14.2. The van der Waals surface area contributed by atoms with Crippen LogP contribution in [-0.4, -0.2) is 35.4 Å². The molecule has 0 bridgehead atoms. The minimum Gasteiger partial charge on any atom is -0.507 e. The van der Waals surface area contributed by atoms with E-state index in [2.05, 4.69) is 20.8 Å². The Morgan fingerprint density at radius 3 is 2.33 bits per heavy atom. The second-order valence-electron chi connectivity index (χ2n) is 8.60. The van der Waals surface area contributed by atoms with Gasteiger partial charge in [-0.25, -0.2) is 0 Å². The summed E-state index contributed by atoms with van der Waals surface area (Å²) in [5.41, 5.74) is 2.52. The number of carbonyl (C=O) groups excluding carboxylic acids is 2. The van der Waals surface area contributed by atoms with Gasteiger partial charge in [0.25, 0.3) is 11.7 Å². The van der Waals surface area contributed by atoms with Gasteiger partial charge in [0.2, 0.25) is 0 Å². The number of rotatable bonds is 5. The molecule has 1 saturated heterocycles. The van der Waals surface area contributed by atoms with Crippen molar-refractivity contribution in [3.05, 3.63) is 70.8 Å². The highest BCUT2D eigenvalue weighted by atomic mass is 16.5. The molecule has 2 aromatic carbocycles. The summed E-state index contributed by atoms with van der Waals surface area (Å²) < 4.78 is 5.24. The van der Waals surface area contributed by atoms with E-state index in [9.17, 15) is 14.7 Å². The van der Waals surface area contributed by atoms with Crippen LogP contribution in [0.5, 0.6) is 5.75 Å². The fraction of sp³-hybridized carbons (Fsp3) is 0.360. The predicted octanol–water partition coefficient (Wildman–Crippen LogP) is 4.82. The topological polar surface area (TPSA) is 66.8 Å². The highest BCUT2D eigenvalue weighted by Gasteiger charge is 2.45. The molecule has 1 amide bonds. The lowest BCUT2D eigenvalue weighted by Crippen LogP contribution is -2.30. The number of hydrogen-bond donors (Lipinski definition) is 1. The third-order valence-corrected chi connectivity index (χ3v) is 5.44. The molecule has 3 rings (SSSR count). The molecule has 5 nitrogen and oxygen atoms in total. The Morgan fingerprint density at radius 2 is 1.77 bits per heavy atom. The van der Waals surface area contributed by atoms with E-state index in [4.69, 9.17) is 4.74 Å². The molecule has 2 aromatic rings. The zero-order chi connectivity index (χ0) is 22.1. The summed E-state index contributed by atoms with van der Waals surface area (Å²) in [6.07, 6.45) is 0.711. The molecule has 0 aromatic heterocycles. The maximum atomic E-state index is 12.9. The largest absolute Gasteiger partial charge is 0.507 e. The smallest absolute Gasteiger partial charge is 0.295 e. The molecule has 1 aliphatic rings. The zero-order valence-electron chi connectivity index (χ0n) is 18.2. The Morgan fingerprint density at radius 1 is 1.10 bits per heavy atom. The van der Waals surface area contributed by atoms with Crippen LogP contribution < -0.4 is 4.74 Å². The Labute approximate surface area is 178 Å². The van der Waals surface area contributed by atoms with Crippen molar-refractivity contribution in [2.75, 3.05) is 13.7 Å². The molecule has 0 radical (unpaired) electrons. The van der Waals surface area contributed by atoms with E-state index in [1.807, 2.05) is 31.2 Å². The van der Waals surface area contributed by atoms with Crippen LogP contribution in [0.15, 0.2) is 54.1 Å². The molecular formula is C25H29NO4. The average Bonchev–Trinajstić information content (AvgIpc) is 2.98. The molecule has 0 aliphatic carbocycles. The second kappa shape index (κ2) is 8.34. The number of methoxy groups -OCH3 is 1. The number of nitrogens with zero attached hydrogens (tertiary/aromatic N) is 1. The van der Waals surface area contributed by atoms with E-state index in [0.717, 1.165) is 11.1 Å². The number of Topliss-reactive ketones (excluding diaryl/α,β-unsaturated/α-hetero) is 1. The van der Waals surface area contributed by atoms with Crippen LogP contribution in [0.1, 0.15) is 56.8 Å². The fourth-order valence-electron chi connectivity index (χ4n) is 3.79. The lowest BCUT2D eigenvalue weighted by atomic mass is 9.85. The van der Waals surface area contributed by atoms with E-state index in [0.29, 0.717) is 24.3 Å². The molecule has 0 saturated carbocycles. The Hall–Kier alpha value is -3.08. The van der Waals surface area contributed by atoms with Gasteiger partial charge >= 0.3 is 0 Å². The van der Waals surface area contributed by atoms with Gasteiger partial charge in [0.05, 0.1) is 18.7 Å². The molecular weight excluding hydrogens is 378 g/mol. The van der Waals surface area contributed by atoms with Gasteiger partial charge in [-0.05, 0) is 35.1 Å². The van der Waals surface area contributed by atoms with Gasteiger partial charge in [-0.3, -0.25) is 9.59 Å². The number of amides is 1. The number of hydrogen-bond acceptors (Lipinski definition) is 4. The van der Waals surface area contributed by atoms with Crippen molar-refractivity contribution < 1.29 is 19.4 Å². The van der Waals surface area contributed by atoms with Crippen LogP contribution in [0.3, 0.4) is 0 Å². The van der Waals surface area contributed by atoms with Crippen LogP contribution in [-0.2, 0) is 15.0 Å². The SMILES string of the molecule is CCCN1C(=O)C(=O)/C(=C(\O)c2cccc(OC)c2)C1c1ccc(C(C)(C)C)cc1.